The zero-order valence-corrected chi connectivity index (χ0v) is 14.3. The predicted octanol–water partition coefficient (Wildman–Crippen LogP) is 5.90. The molecule has 2 rings (SSSR count). The van der Waals surface area contributed by atoms with Crippen LogP contribution in [0.15, 0.2) is 12.1 Å². The number of nitrogens with one attached hydrogen (secondary N) is 1. The van der Waals surface area contributed by atoms with Crippen molar-refractivity contribution < 1.29 is 0 Å². The van der Waals surface area contributed by atoms with Gasteiger partial charge in [-0.05, 0) is 18.6 Å². The Kier molecular flexibility index (Phi) is 7.24. The lowest BCUT2D eigenvalue weighted by Gasteiger charge is -2.08. The van der Waals surface area contributed by atoms with Crippen LogP contribution in [0.4, 0.5) is 5.69 Å². The highest BCUT2D eigenvalue weighted by atomic mass is 35.5. The number of aromatic nitrogens is 2. The summed E-state index contributed by atoms with van der Waals surface area (Å²) in [6.45, 7) is 3.21. The molecule has 0 unspecified atom stereocenters. The van der Waals surface area contributed by atoms with Crippen LogP contribution >= 0.6 is 23.3 Å². The molecule has 0 aliphatic rings. The largest absolute Gasteiger partial charge is 0.382 e. The first kappa shape index (κ1) is 16.5. The average Bonchev–Trinajstić information content (AvgIpc) is 2.96. The molecule has 0 spiro atoms. The Balaban J connectivity index is 1.66. The van der Waals surface area contributed by atoms with E-state index in [4.69, 9.17) is 11.6 Å². The molecule has 1 aromatic heterocycles. The Hall–Kier alpha value is -0.870. The van der Waals surface area contributed by atoms with Crippen LogP contribution in [0.1, 0.15) is 58.3 Å². The predicted molar refractivity (Wildman–Crippen MR) is 93.5 cm³/mol. The molecular formula is C16H24ClN3S. The number of halogens is 1. The van der Waals surface area contributed by atoms with Crippen molar-refractivity contribution in [3.05, 3.63) is 17.2 Å². The maximum atomic E-state index is 6.25. The van der Waals surface area contributed by atoms with E-state index in [9.17, 15) is 0 Å². The second kappa shape index (κ2) is 9.21. The standard InChI is InChI=1S/C16H24ClN3S/c1-2-3-4-5-6-7-8-9-12-18-15-13(17)10-11-14-16(15)20-21-19-14/h10-11,18H,2-9,12H2,1H3. The van der Waals surface area contributed by atoms with Gasteiger partial charge in [-0.15, -0.1) is 0 Å². The van der Waals surface area contributed by atoms with Gasteiger partial charge in [0.1, 0.15) is 11.0 Å². The number of rotatable bonds is 10. The zero-order valence-electron chi connectivity index (χ0n) is 12.7. The molecule has 0 bridgehead atoms. The Bertz CT molecular complexity index is 541. The molecule has 116 valence electrons. The fraction of sp³-hybridized carbons (Fsp3) is 0.625. The highest BCUT2D eigenvalue weighted by Gasteiger charge is 2.08. The summed E-state index contributed by atoms with van der Waals surface area (Å²) < 4.78 is 8.57. The highest BCUT2D eigenvalue weighted by molar-refractivity contribution is 7.00. The molecule has 1 N–H and O–H groups in total. The molecule has 0 saturated carbocycles. The topological polar surface area (TPSA) is 37.8 Å². The lowest BCUT2D eigenvalue weighted by Crippen LogP contribution is -2.02. The minimum absolute atomic E-state index is 0.731. The van der Waals surface area contributed by atoms with Gasteiger partial charge in [0.2, 0.25) is 0 Å². The maximum Gasteiger partial charge on any atom is 0.129 e. The second-order valence-electron chi connectivity index (χ2n) is 5.46. The van der Waals surface area contributed by atoms with Gasteiger partial charge in [0.25, 0.3) is 0 Å². The summed E-state index contributed by atoms with van der Waals surface area (Å²) in [6, 6.07) is 3.81. The van der Waals surface area contributed by atoms with Crippen LogP contribution in [0.5, 0.6) is 0 Å². The van der Waals surface area contributed by atoms with Gasteiger partial charge in [-0.25, -0.2) is 0 Å². The molecule has 2 aromatic rings. The van der Waals surface area contributed by atoms with E-state index in [0.717, 1.165) is 28.3 Å². The molecule has 0 saturated heterocycles. The van der Waals surface area contributed by atoms with Crippen LogP contribution < -0.4 is 5.32 Å². The Morgan fingerprint density at radius 2 is 1.71 bits per heavy atom. The van der Waals surface area contributed by atoms with E-state index < -0.39 is 0 Å². The third-order valence-corrected chi connectivity index (χ3v) is 4.57. The number of benzene rings is 1. The molecule has 5 heteroatoms. The lowest BCUT2D eigenvalue weighted by atomic mass is 10.1. The third-order valence-electron chi connectivity index (χ3n) is 3.71. The molecule has 1 heterocycles. The maximum absolute atomic E-state index is 6.25. The second-order valence-corrected chi connectivity index (χ2v) is 6.39. The third kappa shape index (κ3) is 5.11. The molecule has 1 aromatic carbocycles. The van der Waals surface area contributed by atoms with Crippen LogP contribution in [0.2, 0.25) is 5.02 Å². The fourth-order valence-electron chi connectivity index (χ4n) is 2.47. The normalized spacial score (nSPS) is 11.1. The van der Waals surface area contributed by atoms with Crippen LogP contribution in [-0.4, -0.2) is 15.3 Å². The first-order chi connectivity index (χ1) is 10.3. The van der Waals surface area contributed by atoms with Crippen molar-refractivity contribution in [3.63, 3.8) is 0 Å². The number of hydrogen-bond donors (Lipinski definition) is 1. The van der Waals surface area contributed by atoms with Crippen molar-refractivity contribution >= 4 is 40.0 Å². The fourth-order valence-corrected chi connectivity index (χ4v) is 3.23. The van der Waals surface area contributed by atoms with Crippen LogP contribution in [-0.2, 0) is 0 Å². The summed E-state index contributed by atoms with van der Waals surface area (Å²) in [5.41, 5.74) is 2.75. The first-order valence-corrected chi connectivity index (χ1v) is 9.08. The minimum Gasteiger partial charge on any atom is -0.382 e. The van der Waals surface area contributed by atoms with Crippen molar-refractivity contribution in [3.8, 4) is 0 Å². The van der Waals surface area contributed by atoms with Gasteiger partial charge in [-0.1, -0.05) is 63.5 Å². The molecule has 0 amide bonds. The van der Waals surface area contributed by atoms with E-state index in [1.165, 1.54) is 63.1 Å². The molecule has 0 fully saturated rings. The number of unbranched alkanes of at least 4 members (excludes halogenated alkanes) is 7. The van der Waals surface area contributed by atoms with Gasteiger partial charge in [-0.2, -0.15) is 8.75 Å². The van der Waals surface area contributed by atoms with Crippen molar-refractivity contribution in [2.75, 3.05) is 11.9 Å². The summed E-state index contributed by atoms with van der Waals surface area (Å²) in [7, 11) is 0. The molecule has 0 aliphatic heterocycles. The van der Waals surface area contributed by atoms with Gasteiger partial charge in [0, 0.05) is 6.54 Å². The van der Waals surface area contributed by atoms with E-state index in [2.05, 4.69) is 21.0 Å². The van der Waals surface area contributed by atoms with Crippen LogP contribution in [0.25, 0.3) is 11.0 Å². The molecule has 0 radical (unpaired) electrons. The van der Waals surface area contributed by atoms with Gasteiger partial charge >= 0.3 is 0 Å². The summed E-state index contributed by atoms with van der Waals surface area (Å²) in [6.07, 6.45) is 10.6. The Labute approximate surface area is 136 Å². The number of anilines is 1. The first-order valence-electron chi connectivity index (χ1n) is 7.97. The minimum atomic E-state index is 0.731. The molecular weight excluding hydrogens is 302 g/mol. The highest BCUT2D eigenvalue weighted by Crippen LogP contribution is 2.29. The summed E-state index contributed by atoms with van der Waals surface area (Å²) in [4.78, 5) is 0. The van der Waals surface area contributed by atoms with E-state index in [1.807, 2.05) is 12.1 Å². The van der Waals surface area contributed by atoms with Gasteiger partial charge in [0.15, 0.2) is 0 Å². The zero-order chi connectivity index (χ0) is 14.9. The monoisotopic (exact) mass is 325 g/mol. The Morgan fingerprint density at radius 3 is 2.48 bits per heavy atom. The summed E-state index contributed by atoms with van der Waals surface area (Å²) in [5.74, 6) is 0. The van der Waals surface area contributed by atoms with E-state index in [0.29, 0.717) is 0 Å². The number of nitrogens with zero attached hydrogens (tertiary/aromatic N) is 2. The smallest absolute Gasteiger partial charge is 0.129 e. The summed E-state index contributed by atoms with van der Waals surface area (Å²) in [5, 5.41) is 4.16. The van der Waals surface area contributed by atoms with E-state index in [-0.39, 0.29) is 0 Å². The summed E-state index contributed by atoms with van der Waals surface area (Å²) >= 11 is 7.48. The number of hydrogen-bond acceptors (Lipinski definition) is 4. The van der Waals surface area contributed by atoms with E-state index >= 15 is 0 Å². The molecule has 0 atom stereocenters. The number of fused-ring (bicyclic) bond motifs is 1. The van der Waals surface area contributed by atoms with Crippen molar-refractivity contribution in [1.82, 2.24) is 8.75 Å². The van der Waals surface area contributed by atoms with Crippen LogP contribution in [0.3, 0.4) is 0 Å². The molecule has 3 nitrogen and oxygen atoms in total. The molecule has 21 heavy (non-hydrogen) atoms. The quantitative estimate of drug-likeness (QED) is 0.553. The SMILES string of the molecule is CCCCCCCCCCNc1c(Cl)ccc2nsnc12. The Morgan fingerprint density at radius 1 is 1.00 bits per heavy atom. The van der Waals surface area contributed by atoms with E-state index in [1.54, 1.807) is 0 Å². The van der Waals surface area contributed by atoms with Crippen LogP contribution in [0, 0.1) is 0 Å². The van der Waals surface area contributed by atoms with Crippen molar-refractivity contribution in [1.29, 1.82) is 0 Å². The van der Waals surface area contributed by atoms with Gasteiger partial charge in [-0.3, -0.25) is 0 Å². The van der Waals surface area contributed by atoms with Gasteiger partial charge in [0.05, 0.1) is 22.4 Å². The van der Waals surface area contributed by atoms with Crippen molar-refractivity contribution in [2.45, 2.75) is 58.3 Å². The lowest BCUT2D eigenvalue weighted by molar-refractivity contribution is 0.581. The van der Waals surface area contributed by atoms with Gasteiger partial charge < -0.3 is 5.32 Å². The molecule has 0 aliphatic carbocycles. The average molecular weight is 326 g/mol. The van der Waals surface area contributed by atoms with Crippen molar-refractivity contribution in [2.24, 2.45) is 0 Å².